The lowest BCUT2D eigenvalue weighted by atomic mass is 9.81. The van der Waals surface area contributed by atoms with Crippen molar-refractivity contribution in [2.45, 2.75) is 234 Å². The van der Waals surface area contributed by atoms with Crippen LogP contribution in [0.4, 0.5) is 0 Å². The van der Waals surface area contributed by atoms with Gasteiger partial charge in [0.05, 0.1) is 0 Å². The van der Waals surface area contributed by atoms with Crippen LogP contribution in [0.5, 0.6) is 0 Å². The maximum absolute atomic E-state index is 13.2. The zero-order valence-corrected chi connectivity index (χ0v) is 33.1. The number of unbranched alkanes of at least 4 members (excludes halogenated alkanes) is 16. The molecule has 1 fully saturated rings. The van der Waals surface area contributed by atoms with Crippen molar-refractivity contribution in [3.05, 3.63) is 0 Å². The lowest BCUT2D eigenvalue weighted by Crippen LogP contribution is -2.31. The number of carbonyl (C=O) groups is 1. The van der Waals surface area contributed by atoms with E-state index in [1.165, 1.54) is 193 Å². The number of nitrogens with zero attached hydrogens (tertiary/aromatic N) is 1. The van der Waals surface area contributed by atoms with Gasteiger partial charge < -0.3 is 4.90 Å². The molecule has 0 aromatic rings. The first-order valence-electron chi connectivity index (χ1n) is 21.3. The predicted octanol–water partition coefficient (Wildman–Crippen LogP) is 14.5. The van der Waals surface area contributed by atoms with Gasteiger partial charge in [-0.1, -0.05) is 183 Å². The van der Waals surface area contributed by atoms with Gasteiger partial charge in [-0.2, -0.15) is 0 Å². The van der Waals surface area contributed by atoms with Gasteiger partial charge in [-0.3, -0.25) is 4.79 Å². The summed E-state index contributed by atoms with van der Waals surface area (Å²) in [5, 5.41) is 0. The molecule has 0 radical (unpaired) electrons. The van der Waals surface area contributed by atoms with E-state index in [-0.39, 0.29) is 0 Å². The number of piperidine rings is 1. The van der Waals surface area contributed by atoms with E-state index in [0.29, 0.717) is 28.4 Å². The molecule has 0 aromatic carbocycles. The number of carbonyl (C=O) groups excluding carboxylic acids is 1. The van der Waals surface area contributed by atoms with Gasteiger partial charge in [-0.25, -0.2) is 0 Å². The summed E-state index contributed by atoms with van der Waals surface area (Å²) in [5.41, 5.74) is 0.991. The number of hydrogen-bond donors (Lipinski definition) is 0. The third-order valence-corrected chi connectivity index (χ3v) is 11.7. The van der Waals surface area contributed by atoms with Gasteiger partial charge in [-0.15, -0.1) is 0 Å². The number of likely N-dealkylation sites (tertiary alicyclic amines) is 1. The number of Topliss-reactive ketones (excluding diaryl/α,β-unsaturated/α-hetero) is 1. The number of ketones is 1. The minimum atomic E-state index is 0.495. The molecule has 0 aliphatic carbocycles. The summed E-state index contributed by atoms with van der Waals surface area (Å²) in [7, 11) is 2.22. The van der Waals surface area contributed by atoms with E-state index in [9.17, 15) is 4.79 Å². The van der Waals surface area contributed by atoms with Crippen molar-refractivity contribution in [3.8, 4) is 0 Å². The molecular formula is C44H87NO. The molecule has 0 bridgehead atoms. The first-order valence-corrected chi connectivity index (χ1v) is 21.3. The molecule has 0 saturated carbocycles. The third kappa shape index (κ3) is 25.6. The third-order valence-electron chi connectivity index (χ3n) is 11.7. The van der Waals surface area contributed by atoms with E-state index in [0.717, 1.165) is 12.8 Å². The van der Waals surface area contributed by atoms with Crippen LogP contribution in [0, 0.1) is 22.7 Å². The summed E-state index contributed by atoms with van der Waals surface area (Å²) in [6.45, 7) is 17.0. The molecule has 0 aromatic heterocycles. The molecule has 0 unspecified atom stereocenters. The second kappa shape index (κ2) is 27.5. The van der Waals surface area contributed by atoms with Crippen LogP contribution in [0.25, 0.3) is 0 Å². The van der Waals surface area contributed by atoms with Gasteiger partial charge in [0.25, 0.3) is 0 Å². The van der Waals surface area contributed by atoms with Crippen molar-refractivity contribution in [1.29, 1.82) is 0 Å². The van der Waals surface area contributed by atoms with Gasteiger partial charge >= 0.3 is 0 Å². The van der Waals surface area contributed by atoms with Crippen molar-refractivity contribution in [2.24, 2.45) is 22.7 Å². The minimum Gasteiger partial charge on any atom is -0.306 e. The molecule has 0 amide bonds. The summed E-state index contributed by atoms with van der Waals surface area (Å²) in [5.74, 6) is 1.84. The second-order valence-electron chi connectivity index (χ2n) is 17.8. The summed E-state index contributed by atoms with van der Waals surface area (Å²) in [6.07, 6.45) is 40.1. The highest BCUT2D eigenvalue weighted by Gasteiger charge is 2.22. The second-order valence-corrected chi connectivity index (χ2v) is 17.8. The largest absolute Gasteiger partial charge is 0.306 e. The van der Waals surface area contributed by atoms with Gasteiger partial charge in [0.2, 0.25) is 0 Å². The summed E-state index contributed by atoms with van der Waals surface area (Å²) in [6, 6.07) is 0. The van der Waals surface area contributed by atoms with Crippen molar-refractivity contribution in [3.63, 3.8) is 0 Å². The Labute approximate surface area is 291 Å². The van der Waals surface area contributed by atoms with Crippen LogP contribution in [0.15, 0.2) is 0 Å². The number of rotatable bonds is 32. The quantitative estimate of drug-likeness (QED) is 0.0678. The maximum atomic E-state index is 13.2. The van der Waals surface area contributed by atoms with Crippen LogP contribution in [-0.2, 0) is 4.79 Å². The van der Waals surface area contributed by atoms with Crippen molar-refractivity contribution in [2.75, 3.05) is 20.1 Å². The fraction of sp³-hybridized carbons (Fsp3) is 0.977. The van der Waals surface area contributed by atoms with Crippen LogP contribution >= 0.6 is 0 Å². The molecule has 1 saturated heterocycles. The molecule has 1 aliphatic rings. The molecule has 2 heteroatoms. The first-order chi connectivity index (χ1) is 22.1. The Kier molecular flexibility index (Phi) is 26.1. The summed E-state index contributed by atoms with van der Waals surface area (Å²) >= 11 is 0. The molecule has 2 nitrogen and oxygen atoms in total. The van der Waals surface area contributed by atoms with Crippen LogP contribution in [-0.4, -0.2) is 30.8 Å². The molecule has 1 aliphatic heterocycles. The van der Waals surface area contributed by atoms with E-state index in [1.54, 1.807) is 0 Å². The molecule has 0 spiro atoms. The van der Waals surface area contributed by atoms with Crippen molar-refractivity contribution >= 4 is 5.78 Å². The van der Waals surface area contributed by atoms with Gasteiger partial charge in [-0.05, 0) is 81.3 Å². The fourth-order valence-corrected chi connectivity index (χ4v) is 8.14. The van der Waals surface area contributed by atoms with Crippen molar-refractivity contribution in [1.82, 2.24) is 4.90 Å². The fourth-order valence-electron chi connectivity index (χ4n) is 8.14. The first kappa shape index (κ1) is 43.7. The normalized spacial score (nSPS) is 15.3. The molecule has 0 atom stereocenters. The Bertz CT molecular complexity index is 648. The van der Waals surface area contributed by atoms with Gasteiger partial charge in [0, 0.05) is 12.8 Å². The highest BCUT2D eigenvalue weighted by atomic mass is 16.1. The van der Waals surface area contributed by atoms with Crippen molar-refractivity contribution < 1.29 is 4.79 Å². The lowest BCUT2D eigenvalue weighted by Gasteiger charge is -2.29. The standard InChI is InChI=1S/C44H87NO/c1-8-10-12-14-16-18-24-32-43(3,4)34-26-20-22-28-40(38-42(46)39-41-30-36-45(7)37-31-41)29-23-21-27-35-44(5,6)33-25-19-17-15-13-11-9-2/h40-41H,8-39H2,1-7H3. The summed E-state index contributed by atoms with van der Waals surface area (Å²) in [4.78, 5) is 15.7. The Morgan fingerprint density at radius 3 is 1.30 bits per heavy atom. The average Bonchev–Trinajstić information content (AvgIpc) is 3.00. The maximum Gasteiger partial charge on any atom is 0.133 e. The van der Waals surface area contributed by atoms with Crippen LogP contribution in [0.1, 0.15) is 234 Å². The zero-order chi connectivity index (χ0) is 33.9. The Hall–Kier alpha value is -0.370. The molecule has 1 rings (SSSR count). The highest BCUT2D eigenvalue weighted by Crippen LogP contribution is 2.33. The topological polar surface area (TPSA) is 20.3 Å². The Morgan fingerprint density at radius 2 is 0.913 bits per heavy atom. The molecule has 0 N–H and O–H groups in total. The SMILES string of the molecule is CCCCCCCCCC(C)(C)CCCCCC(CCCCCC(C)(C)CCCCCCCCC)CC(=O)CC1CCN(C)CC1. The molecule has 274 valence electrons. The van der Waals surface area contributed by atoms with E-state index < -0.39 is 0 Å². The van der Waals surface area contributed by atoms with E-state index in [1.807, 2.05) is 0 Å². The van der Waals surface area contributed by atoms with E-state index >= 15 is 0 Å². The Balaban J connectivity index is 2.36. The monoisotopic (exact) mass is 646 g/mol. The zero-order valence-electron chi connectivity index (χ0n) is 33.1. The van der Waals surface area contributed by atoms with Crippen LogP contribution < -0.4 is 0 Å². The lowest BCUT2D eigenvalue weighted by molar-refractivity contribution is -0.121. The summed E-state index contributed by atoms with van der Waals surface area (Å²) < 4.78 is 0. The average molecular weight is 646 g/mol. The predicted molar refractivity (Wildman–Crippen MR) is 207 cm³/mol. The van der Waals surface area contributed by atoms with Crippen LogP contribution in [0.3, 0.4) is 0 Å². The van der Waals surface area contributed by atoms with E-state index in [2.05, 4.69) is 53.5 Å². The molecule has 46 heavy (non-hydrogen) atoms. The van der Waals surface area contributed by atoms with Crippen LogP contribution in [0.2, 0.25) is 0 Å². The molecular weight excluding hydrogens is 558 g/mol. The van der Waals surface area contributed by atoms with Gasteiger partial charge in [0.1, 0.15) is 5.78 Å². The smallest absolute Gasteiger partial charge is 0.133 e. The van der Waals surface area contributed by atoms with E-state index in [4.69, 9.17) is 0 Å². The molecule has 1 heterocycles. The minimum absolute atomic E-state index is 0.495. The number of hydrogen-bond acceptors (Lipinski definition) is 2. The van der Waals surface area contributed by atoms with Gasteiger partial charge in [0.15, 0.2) is 0 Å². The Morgan fingerprint density at radius 1 is 0.565 bits per heavy atom. The highest BCUT2D eigenvalue weighted by molar-refractivity contribution is 5.78.